The Labute approximate surface area is 96.1 Å². The van der Waals surface area contributed by atoms with Gasteiger partial charge < -0.3 is 9.67 Å². The highest BCUT2D eigenvalue weighted by Crippen LogP contribution is 2.18. The van der Waals surface area contributed by atoms with E-state index in [2.05, 4.69) is 0 Å². The molecule has 84 valence electrons. The number of hydrogen-bond acceptors (Lipinski definition) is 1. The zero-order valence-corrected chi connectivity index (χ0v) is 8.99. The molecule has 0 saturated carbocycles. The minimum Gasteiger partial charge on any atom is -0.480 e. The van der Waals surface area contributed by atoms with E-state index in [1.54, 1.807) is 22.9 Å². The van der Waals surface area contributed by atoms with Gasteiger partial charge in [-0.3, -0.25) is 4.79 Å². The summed E-state index contributed by atoms with van der Waals surface area (Å²) in [6, 6.07) is 6.07. The Kier molecular flexibility index (Phi) is 2.83. The van der Waals surface area contributed by atoms with Crippen LogP contribution in [0.2, 0.25) is 0 Å². The first-order valence-corrected chi connectivity index (χ1v) is 5.13. The summed E-state index contributed by atoms with van der Waals surface area (Å²) in [6.45, 7) is 0.159. The lowest BCUT2D eigenvalue weighted by atomic mass is 10.2. The third-order valence-corrected chi connectivity index (χ3v) is 2.68. The van der Waals surface area contributed by atoms with E-state index in [-0.39, 0.29) is 12.4 Å². The number of benzene rings is 1. The molecule has 0 fully saturated rings. The summed E-state index contributed by atoms with van der Waals surface area (Å²) >= 11 is 5.64. The molecular weight excluding hydrogens is 233 g/mol. The Hall–Kier alpha value is -1.55. The largest absolute Gasteiger partial charge is 0.480 e. The van der Waals surface area contributed by atoms with Gasteiger partial charge in [0.15, 0.2) is 0 Å². The molecule has 0 aliphatic rings. The summed E-state index contributed by atoms with van der Waals surface area (Å²) < 4.78 is 14.6. The molecule has 2 aromatic rings. The molecular formula is C11H9ClFNO2. The fourth-order valence-electron chi connectivity index (χ4n) is 1.58. The maximum Gasteiger partial charge on any atom is 0.323 e. The van der Waals surface area contributed by atoms with Gasteiger partial charge in [-0.1, -0.05) is 0 Å². The molecule has 0 bridgehead atoms. The number of halogens is 2. The summed E-state index contributed by atoms with van der Waals surface area (Å²) in [5.74, 6) is -1.38. The lowest BCUT2D eigenvalue weighted by molar-refractivity contribution is -0.136. The Morgan fingerprint density at radius 3 is 2.94 bits per heavy atom. The third kappa shape index (κ3) is 2.02. The predicted octanol–water partition coefficient (Wildman–Crippen LogP) is 2.47. The predicted molar refractivity (Wildman–Crippen MR) is 59.2 cm³/mol. The first kappa shape index (κ1) is 11.0. The second-order valence-electron chi connectivity index (χ2n) is 3.48. The Morgan fingerprint density at radius 1 is 1.50 bits per heavy atom. The van der Waals surface area contributed by atoms with E-state index in [1.807, 2.05) is 0 Å². The van der Waals surface area contributed by atoms with Gasteiger partial charge in [-0.2, -0.15) is 0 Å². The van der Waals surface area contributed by atoms with Crippen LogP contribution in [0.25, 0.3) is 10.9 Å². The van der Waals surface area contributed by atoms with E-state index in [4.69, 9.17) is 16.7 Å². The van der Waals surface area contributed by atoms with Crippen LogP contribution in [0.3, 0.4) is 0 Å². The Morgan fingerprint density at radius 2 is 2.25 bits per heavy atom. The molecule has 5 heteroatoms. The highest BCUT2D eigenvalue weighted by molar-refractivity contribution is 6.29. The molecule has 0 aliphatic heterocycles. The summed E-state index contributed by atoms with van der Waals surface area (Å²) in [5, 5.41) is 8.44. The molecule has 2 rings (SSSR count). The molecule has 3 nitrogen and oxygen atoms in total. The molecule has 0 saturated heterocycles. The van der Waals surface area contributed by atoms with Crippen molar-refractivity contribution in [3.8, 4) is 0 Å². The van der Waals surface area contributed by atoms with Crippen molar-refractivity contribution < 1.29 is 14.3 Å². The average molecular weight is 242 g/mol. The maximum absolute atomic E-state index is 12.9. The number of carboxylic acid groups (broad SMARTS) is 1. The molecule has 1 N–H and O–H groups in total. The van der Waals surface area contributed by atoms with Crippen LogP contribution >= 0.6 is 11.6 Å². The molecule has 0 radical (unpaired) electrons. The second-order valence-corrected chi connectivity index (χ2v) is 4.00. The lowest BCUT2D eigenvalue weighted by Crippen LogP contribution is -2.19. The van der Waals surface area contributed by atoms with Crippen molar-refractivity contribution in [3.05, 3.63) is 36.3 Å². The zero-order valence-electron chi connectivity index (χ0n) is 8.23. The number of aliphatic carboxylic acids is 1. The van der Waals surface area contributed by atoms with Crippen molar-refractivity contribution in [2.75, 3.05) is 0 Å². The van der Waals surface area contributed by atoms with E-state index in [1.165, 1.54) is 12.1 Å². The van der Waals surface area contributed by atoms with Gasteiger partial charge in [0.1, 0.15) is 11.2 Å². The quantitative estimate of drug-likeness (QED) is 0.839. The number of aromatic nitrogens is 1. The van der Waals surface area contributed by atoms with Gasteiger partial charge in [-0.05, 0) is 24.3 Å². The van der Waals surface area contributed by atoms with Crippen LogP contribution < -0.4 is 0 Å². The molecule has 0 amide bonds. The summed E-state index contributed by atoms with van der Waals surface area (Å²) in [7, 11) is 0. The molecule has 0 spiro atoms. The van der Waals surface area contributed by atoms with Crippen LogP contribution in [0, 0.1) is 5.82 Å². The molecule has 1 aromatic heterocycles. The van der Waals surface area contributed by atoms with Crippen molar-refractivity contribution in [3.63, 3.8) is 0 Å². The number of nitrogens with zero attached hydrogens (tertiary/aromatic N) is 1. The average Bonchev–Trinajstić information content (AvgIpc) is 2.60. The summed E-state index contributed by atoms with van der Waals surface area (Å²) in [6.07, 6.45) is 1.70. The van der Waals surface area contributed by atoms with Gasteiger partial charge in [-0.15, -0.1) is 11.6 Å². The topological polar surface area (TPSA) is 42.2 Å². The minimum absolute atomic E-state index is 0.159. The number of alkyl halides is 1. The van der Waals surface area contributed by atoms with Crippen LogP contribution in [0.15, 0.2) is 30.5 Å². The van der Waals surface area contributed by atoms with E-state index in [9.17, 15) is 9.18 Å². The molecule has 1 heterocycles. The summed E-state index contributed by atoms with van der Waals surface area (Å²) in [5.41, 5.74) is 0.772. The van der Waals surface area contributed by atoms with Crippen molar-refractivity contribution in [2.45, 2.75) is 11.9 Å². The number of hydrogen-bond donors (Lipinski definition) is 1. The molecule has 0 aliphatic carbocycles. The summed E-state index contributed by atoms with van der Waals surface area (Å²) in [4.78, 5) is 10.6. The number of carboxylic acids is 1. The standard InChI is InChI=1S/C11H9ClFNO2/c12-9(11(15)16)6-14-4-3-7-5-8(13)1-2-10(7)14/h1-5,9H,6H2,(H,15,16). The van der Waals surface area contributed by atoms with Crippen LogP contribution in [0.1, 0.15) is 0 Å². The van der Waals surface area contributed by atoms with E-state index >= 15 is 0 Å². The van der Waals surface area contributed by atoms with E-state index in [0.29, 0.717) is 0 Å². The van der Waals surface area contributed by atoms with Crippen LogP contribution in [0.4, 0.5) is 4.39 Å². The first-order valence-electron chi connectivity index (χ1n) is 4.69. The van der Waals surface area contributed by atoms with Crippen molar-refractivity contribution in [1.29, 1.82) is 0 Å². The highest BCUT2D eigenvalue weighted by Gasteiger charge is 2.15. The lowest BCUT2D eigenvalue weighted by Gasteiger charge is -2.07. The van der Waals surface area contributed by atoms with Gasteiger partial charge in [0.25, 0.3) is 0 Å². The monoisotopic (exact) mass is 241 g/mol. The van der Waals surface area contributed by atoms with Gasteiger partial charge in [0, 0.05) is 23.6 Å². The van der Waals surface area contributed by atoms with Crippen molar-refractivity contribution in [2.24, 2.45) is 0 Å². The Bertz CT molecular complexity index is 538. The Balaban J connectivity index is 2.35. The SMILES string of the molecule is O=C(O)C(Cl)Cn1ccc2cc(F)ccc21. The number of rotatable bonds is 3. The molecule has 16 heavy (non-hydrogen) atoms. The van der Waals surface area contributed by atoms with Gasteiger partial charge in [0.05, 0.1) is 0 Å². The van der Waals surface area contributed by atoms with Gasteiger partial charge in [-0.25, -0.2) is 4.39 Å². The second kappa shape index (κ2) is 4.14. The van der Waals surface area contributed by atoms with Crippen molar-refractivity contribution in [1.82, 2.24) is 4.57 Å². The normalized spacial score (nSPS) is 12.9. The van der Waals surface area contributed by atoms with Crippen LogP contribution in [-0.2, 0) is 11.3 Å². The van der Waals surface area contributed by atoms with Crippen LogP contribution in [-0.4, -0.2) is 21.0 Å². The number of carbonyl (C=O) groups is 1. The maximum atomic E-state index is 12.9. The number of fused-ring (bicyclic) bond motifs is 1. The molecule has 1 unspecified atom stereocenters. The van der Waals surface area contributed by atoms with E-state index in [0.717, 1.165) is 10.9 Å². The fourth-order valence-corrected chi connectivity index (χ4v) is 1.73. The third-order valence-electron chi connectivity index (χ3n) is 2.36. The smallest absolute Gasteiger partial charge is 0.323 e. The van der Waals surface area contributed by atoms with Crippen LogP contribution in [0.5, 0.6) is 0 Å². The van der Waals surface area contributed by atoms with Crippen molar-refractivity contribution >= 4 is 28.5 Å². The first-order chi connectivity index (χ1) is 7.58. The molecule has 1 atom stereocenters. The van der Waals surface area contributed by atoms with Gasteiger partial charge in [0.2, 0.25) is 0 Å². The zero-order chi connectivity index (χ0) is 11.7. The highest BCUT2D eigenvalue weighted by atomic mass is 35.5. The van der Waals surface area contributed by atoms with Gasteiger partial charge >= 0.3 is 5.97 Å². The van der Waals surface area contributed by atoms with E-state index < -0.39 is 11.3 Å². The minimum atomic E-state index is -1.06. The fraction of sp³-hybridized carbons (Fsp3) is 0.182. The molecule has 1 aromatic carbocycles.